The van der Waals surface area contributed by atoms with Crippen molar-refractivity contribution < 1.29 is 9.90 Å². The highest BCUT2D eigenvalue weighted by Gasteiger charge is 2.26. The molecule has 1 N–H and O–H groups in total. The van der Waals surface area contributed by atoms with Crippen molar-refractivity contribution in [1.82, 2.24) is 4.90 Å². The van der Waals surface area contributed by atoms with Gasteiger partial charge in [-0.3, -0.25) is 4.79 Å². The van der Waals surface area contributed by atoms with Crippen molar-refractivity contribution in [2.75, 3.05) is 13.2 Å². The van der Waals surface area contributed by atoms with Gasteiger partial charge < -0.3 is 10.0 Å². The second-order valence-corrected chi connectivity index (χ2v) is 5.55. The molecule has 0 saturated carbocycles. The molecule has 1 saturated heterocycles. The number of benzene rings is 1. The van der Waals surface area contributed by atoms with E-state index in [2.05, 4.69) is 18.8 Å². The largest absolute Gasteiger partial charge is 0.384 e. The molecule has 0 aromatic heterocycles. The molecule has 112 valence electrons. The zero-order valence-electron chi connectivity index (χ0n) is 12.9. The number of aryl methyl sites for hydroxylation is 1. The molecule has 0 bridgehead atoms. The van der Waals surface area contributed by atoms with E-state index in [1.807, 2.05) is 30.0 Å². The van der Waals surface area contributed by atoms with Crippen molar-refractivity contribution in [2.45, 2.75) is 45.6 Å². The summed E-state index contributed by atoms with van der Waals surface area (Å²) < 4.78 is 0. The van der Waals surface area contributed by atoms with Crippen LogP contribution in [-0.2, 0) is 0 Å². The number of carbonyl (C=O) groups is 1. The Hall–Kier alpha value is -1.79. The van der Waals surface area contributed by atoms with E-state index in [1.165, 1.54) is 6.42 Å². The van der Waals surface area contributed by atoms with E-state index >= 15 is 0 Å². The first-order valence-corrected chi connectivity index (χ1v) is 7.68. The molecule has 1 aromatic rings. The van der Waals surface area contributed by atoms with Crippen molar-refractivity contribution >= 4 is 5.91 Å². The summed E-state index contributed by atoms with van der Waals surface area (Å²) in [6.45, 7) is 4.81. The van der Waals surface area contributed by atoms with Crippen LogP contribution >= 0.6 is 0 Å². The smallest absolute Gasteiger partial charge is 0.254 e. The summed E-state index contributed by atoms with van der Waals surface area (Å²) >= 11 is 0. The van der Waals surface area contributed by atoms with Crippen LogP contribution in [0.2, 0.25) is 0 Å². The quantitative estimate of drug-likeness (QED) is 0.849. The van der Waals surface area contributed by atoms with Crippen LogP contribution in [-0.4, -0.2) is 35.1 Å². The standard InChI is InChI=1S/C18H23NO2/c1-3-17-8-4-5-11-19(17)18(21)16-10-9-15(7-6-12-20)14(2)13-16/h9-10,13,17,20H,3-5,8,11-12H2,1-2H3. The minimum atomic E-state index is -0.147. The van der Waals surface area contributed by atoms with Gasteiger partial charge in [0, 0.05) is 23.7 Å². The average molecular weight is 285 g/mol. The average Bonchev–Trinajstić information content (AvgIpc) is 2.53. The van der Waals surface area contributed by atoms with Gasteiger partial charge in [0.25, 0.3) is 5.91 Å². The summed E-state index contributed by atoms with van der Waals surface area (Å²) in [5, 5.41) is 8.75. The Morgan fingerprint density at radius 1 is 1.43 bits per heavy atom. The molecule has 3 nitrogen and oxygen atoms in total. The van der Waals surface area contributed by atoms with Crippen LogP contribution in [0.5, 0.6) is 0 Å². The van der Waals surface area contributed by atoms with Crippen molar-refractivity contribution in [3.63, 3.8) is 0 Å². The highest BCUT2D eigenvalue weighted by Crippen LogP contribution is 2.22. The topological polar surface area (TPSA) is 40.5 Å². The summed E-state index contributed by atoms with van der Waals surface area (Å²) in [4.78, 5) is 14.7. The molecule has 1 fully saturated rings. The van der Waals surface area contributed by atoms with Crippen LogP contribution in [0.3, 0.4) is 0 Å². The monoisotopic (exact) mass is 285 g/mol. The molecule has 1 aliphatic rings. The Morgan fingerprint density at radius 2 is 2.24 bits per heavy atom. The van der Waals surface area contributed by atoms with Gasteiger partial charge in [-0.2, -0.15) is 0 Å². The minimum Gasteiger partial charge on any atom is -0.384 e. The Balaban J connectivity index is 2.21. The fraction of sp³-hybridized carbons (Fsp3) is 0.500. The number of piperidine rings is 1. The van der Waals surface area contributed by atoms with E-state index in [0.29, 0.717) is 6.04 Å². The van der Waals surface area contributed by atoms with Gasteiger partial charge >= 0.3 is 0 Å². The third kappa shape index (κ3) is 3.65. The van der Waals surface area contributed by atoms with Gasteiger partial charge in [-0.05, 0) is 56.4 Å². The molecule has 1 heterocycles. The molecule has 1 atom stereocenters. The predicted octanol–water partition coefficient (Wildman–Crippen LogP) is 2.74. The van der Waals surface area contributed by atoms with Gasteiger partial charge in [0.2, 0.25) is 0 Å². The molecule has 1 aliphatic heterocycles. The molecule has 0 radical (unpaired) electrons. The van der Waals surface area contributed by atoms with Crippen LogP contribution in [0, 0.1) is 18.8 Å². The van der Waals surface area contributed by atoms with Gasteiger partial charge in [-0.15, -0.1) is 0 Å². The maximum absolute atomic E-state index is 12.7. The molecule has 0 spiro atoms. The zero-order chi connectivity index (χ0) is 15.2. The number of carbonyl (C=O) groups excluding carboxylic acids is 1. The fourth-order valence-electron chi connectivity index (χ4n) is 2.93. The summed E-state index contributed by atoms with van der Waals surface area (Å²) in [7, 11) is 0. The van der Waals surface area contributed by atoms with Crippen LogP contribution in [0.1, 0.15) is 54.1 Å². The summed E-state index contributed by atoms with van der Waals surface area (Å²) in [6.07, 6.45) is 4.45. The molecule has 21 heavy (non-hydrogen) atoms. The first-order valence-electron chi connectivity index (χ1n) is 7.68. The number of hydrogen-bond acceptors (Lipinski definition) is 2. The van der Waals surface area contributed by atoms with E-state index in [9.17, 15) is 4.79 Å². The fourth-order valence-corrected chi connectivity index (χ4v) is 2.93. The summed E-state index contributed by atoms with van der Waals surface area (Å²) in [5.41, 5.74) is 2.58. The number of likely N-dealkylation sites (tertiary alicyclic amines) is 1. The van der Waals surface area contributed by atoms with Gasteiger partial charge in [-0.1, -0.05) is 18.8 Å². The molecular weight excluding hydrogens is 262 g/mol. The lowest BCUT2D eigenvalue weighted by Crippen LogP contribution is -2.43. The van der Waals surface area contributed by atoms with Gasteiger partial charge in [0.15, 0.2) is 0 Å². The van der Waals surface area contributed by atoms with Crippen LogP contribution in [0.25, 0.3) is 0 Å². The Labute approximate surface area is 127 Å². The van der Waals surface area contributed by atoms with Gasteiger partial charge in [-0.25, -0.2) is 0 Å². The highest BCUT2D eigenvalue weighted by molar-refractivity contribution is 5.94. The number of rotatable bonds is 2. The maximum atomic E-state index is 12.7. The normalized spacial score (nSPS) is 18.0. The third-order valence-corrected chi connectivity index (χ3v) is 4.13. The highest BCUT2D eigenvalue weighted by atomic mass is 16.2. The minimum absolute atomic E-state index is 0.131. The van der Waals surface area contributed by atoms with E-state index in [1.54, 1.807) is 0 Å². The Morgan fingerprint density at radius 3 is 2.90 bits per heavy atom. The lowest BCUT2D eigenvalue weighted by molar-refractivity contribution is 0.0608. The maximum Gasteiger partial charge on any atom is 0.254 e. The van der Waals surface area contributed by atoms with Gasteiger partial charge in [0.05, 0.1) is 0 Å². The Kier molecular flexibility index (Phi) is 5.41. The third-order valence-electron chi connectivity index (χ3n) is 4.13. The molecule has 1 unspecified atom stereocenters. The van der Waals surface area contributed by atoms with E-state index in [-0.39, 0.29) is 12.5 Å². The lowest BCUT2D eigenvalue weighted by Gasteiger charge is -2.35. The molecule has 3 heteroatoms. The van der Waals surface area contributed by atoms with Crippen molar-refractivity contribution in [3.05, 3.63) is 34.9 Å². The number of aliphatic hydroxyl groups excluding tert-OH is 1. The zero-order valence-corrected chi connectivity index (χ0v) is 12.9. The first kappa shape index (κ1) is 15.6. The molecule has 0 aliphatic carbocycles. The van der Waals surface area contributed by atoms with E-state index in [4.69, 9.17) is 5.11 Å². The van der Waals surface area contributed by atoms with Crippen LogP contribution in [0.4, 0.5) is 0 Å². The molecule has 2 rings (SSSR count). The lowest BCUT2D eigenvalue weighted by atomic mass is 9.98. The number of amides is 1. The van der Waals surface area contributed by atoms with Crippen molar-refractivity contribution in [2.24, 2.45) is 0 Å². The first-order chi connectivity index (χ1) is 10.2. The second-order valence-electron chi connectivity index (χ2n) is 5.55. The molecule has 1 amide bonds. The van der Waals surface area contributed by atoms with Gasteiger partial charge in [0.1, 0.15) is 6.61 Å². The van der Waals surface area contributed by atoms with Crippen LogP contribution in [0.15, 0.2) is 18.2 Å². The van der Waals surface area contributed by atoms with Crippen molar-refractivity contribution in [1.29, 1.82) is 0 Å². The number of aliphatic hydroxyl groups is 1. The summed E-state index contributed by atoms with van der Waals surface area (Å²) in [5.74, 6) is 5.68. The summed E-state index contributed by atoms with van der Waals surface area (Å²) in [6, 6.07) is 6.00. The Bertz CT molecular complexity index is 568. The number of hydrogen-bond donors (Lipinski definition) is 1. The van der Waals surface area contributed by atoms with Crippen LogP contribution < -0.4 is 0 Å². The van der Waals surface area contributed by atoms with E-state index < -0.39 is 0 Å². The SMILES string of the molecule is CCC1CCCCN1C(=O)c1ccc(C#CCO)c(C)c1. The predicted molar refractivity (Wildman–Crippen MR) is 84.1 cm³/mol. The molecule has 1 aromatic carbocycles. The molecular formula is C18H23NO2. The second kappa shape index (κ2) is 7.28. The van der Waals surface area contributed by atoms with E-state index in [0.717, 1.165) is 42.5 Å². The van der Waals surface area contributed by atoms with Crippen molar-refractivity contribution in [3.8, 4) is 11.8 Å². The number of nitrogens with zero attached hydrogens (tertiary/aromatic N) is 1.